The summed E-state index contributed by atoms with van der Waals surface area (Å²) in [5.41, 5.74) is 5.11. The molecule has 1 aromatic carbocycles. The molecule has 0 bridgehead atoms. The molecule has 3 heteroatoms. The summed E-state index contributed by atoms with van der Waals surface area (Å²) in [5, 5.41) is 3.13. The normalized spacial score (nSPS) is 10.7. The summed E-state index contributed by atoms with van der Waals surface area (Å²) in [7, 11) is 4.05. The van der Waals surface area contributed by atoms with Gasteiger partial charge in [-0.2, -0.15) is 0 Å². The molecule has 0 spiro atoms. The van der Waals surface area contributed by atoms with Crippen LogP contribution in [0, 0.1) is 13.8 Å². The van der Waals surface area contributed by atoms with Crippen molar-refractivity contribution in [2.75, 3.05) is 19.0 Å². The summed E-state index contributed by atoms with van der Waals surface area (Å²) in [6.45, 7) is 5.90. The number of hydrogen-bond acceptors (Lipinski definition) is 3. The molecule has 0 aliphatic heterocycles. The standard InChI is InChI=1S/C16H22N2O/c1-12-5-6-15(13(2)9-12)18(4)11-14-7-8-19-16(14)10-17-3/h5-9,17H,10-11H2,1-4H3. The Labute approximate surface area is 115 Å². The first kappa shape index (κ1) is 13.7. The summed E-state index contributed by atoms with van der Waals surface area (Å²) in [4.78, 5) is 2.26. The minimum atomic E-state index is 0.767. The Morgan fingerprint density at radius 2 is 2.00 bits per heavy atom. The van der Waals surface area contributed by atoms with E-state index < -0.39 is 0 Å². The van der Waals surface area contributed by atoms with Gasteiger partial charge in [0.15, 0.2) is 0 Å². The van der Waals surface area contributed by atoms with Gasteiger partial charge in [0, 0.05) is 24.8 Å². The highest BCUT2D eigenvalue weighted by molar-refractivity contribution is 5.54. The maximum Gasteiger partial charge on any atom is 0.122 e. The Kier molecular flexibility index (Phi) is 4.27. The van der Waals surface area contributed by atoms with Crippen molar-refractivity contribution in [2.45, 2.75) is 26.9 Å². The van der Waals surface area contributed by atoms with Crippen LogP contribution in [0.3, 0.4) is 0 Å². The van der Waals surface area contributed by atoms with Gasteiger partial charge in [-0.1, -0.05) is 17.7 Å². The highest BCUT2D eigenvalue weighted by Crippen LogP contribution is 2.23. The van der Waals surface area contributed by atoms with Gasteiger partial charge in [-0.15, -0.1) is 0 Å². The SMILES string of the molecule is CNCc1occc1CN(C)c1ccc(C)cc1C. The van der Waals surface area contributed by atoms with Crippen molar-refractivity contribution in [1.29, 1.82) is 0 Å². The van der Waals surface area contributed by atoms with Crippen molar-refractivity contribution < 1.29 is 4.42 Å². The maximum atomic E-state index is 5.50. The van der Waals surface area contributed by atoms with Gasteiger partial charge in [0.2, 0.25) is 0 Å². The van der Waals surface area contributed by atoms with E-state index in [1.54, 1.807) is 6.26 Å². The molecule has 0 saturated heterocycles. The number of aryl methyl sites for hydroxylation is 2. The van der Waals surface area contributed by atoms with Crippen LogP contribution in [0.1, 0.15) is 22.5 Å². The van der Waals surface area contributed by atoms with E-state index in [0.717, 1.165) is 18.8 Å². The third-order valence-corrected chi connectivity index (χ3v) is 3.35. The monoisotopic (exact) mass is 258 g/mol. The first-order chi connectivity index (χ1) is 9.11. The molecule has 0 aliphatic carbocycles. The van der Waals surface area contributed by atoms with Crippen LogP contribution >= 0.6 is 0 Å². The van der Waals surface area contributed by atoms with Crippen LogP contribution < -0.4 is 10.2 Å². The predicted molar refractivity (Wildman–Crippen MR) is 79.5 cm³/mol. The highest BCUT2D eigenvalue weighted by atomic mass is 16.3. The summed E-state index contributed by atoms with van der Waals surface area (Å²) < 4.78 is 5.50. The molecule has 0 unspecified atom stereocenters. The van der Waals surface area contributed by atoms with Crippen LogP contribution in [0.2, 0.25) is 0 Å². The molecule has 1 heterocycles. The summed E-state index contributed by atoms with van der Waals surface area (Å²) in [5.74, 6) is 1.01. The summed E-state index contributed by atoms with van der Waals surface area (Å²) in [6.07, 6.45) is 1.76. The fourth-order valence-corrected chi connectivity index (χ4v) is 2.40. The van der Waals surface area contributed by atoms with Crippen molar-refractivity contribution in [2.24, 2.45) is 0 Å². The van der Waals surface area contributed by atoms with Gasteiger partial charge < -0.3 is 14.6 Å². The Hall–Kier alpha value is -1.74. The number of nitrogens with one attached hydrogen (secondary N) is 1. The molecule has 2 aromatic rings. The highest BCUT2D eigenvalue weighted by Gasteiger charge is 2.10. The van der Waals surface area contributed by atoms with Crippen molar-refractivity contribution in [3.05, 3.63) is 53.0 Å². The molecule has 2 rings (SSSR count). The van der Waals surface area contributed by atoms with Crippen LogP contribution in [0.25, 0.3) is 0 Å². The molecule has 19 heavy (non-hydrogen) atoms. The third-order valence-electron chi connectivity index (χ3n) is 3.35. The summed E-state index contributed by atoms with van der Waals surface area (Å²) >= 11 is 0. The Morgan fingerprint density at radius 1 is 1.21 bits per heavy atom. The average molecular weight is 258 g/mol. The quantitative estimate of drug-likeness (QED) is 0.892. The van der Waals surface area contributed by atoms with Gasteiger partial charge >= 0.3 is 0 Å². The van der Waals surface area contributed by atoms with Crippen molar-refractivity contribution in [3.63, 3.8) is 0 Å². The van der Waals surface area contributed by atoms with Crippen molar-refractivity contribution in [1.82, 2.24) is 5.32 Å². The van der Waals surface area contributed by atoms with Crippen LogP contribution in [0.15, 0.2) is 34.9 Å². The molecule has 0 fully saturated rings. The fraction of sp³-hybridized carbons (Fsp3) is 0.375. The lowest BCUT2D eigenvalue weighted by atomic mass is 10.1. The number of furan rings is 1. The molecule has 0 radical (unpaired) electrons. The lowest BCUT2D eigenvalue weighted by molar-refractivity contribution is 0.490. The first-order valence-electron chi connectivity index (χ1n) is 6.60. The van der Waals surface area contributed by atoms with E-state index in [9.17, 15) is 0 Å². The van der Waals surface area contributed by atoms with Crippen LogP contribution in [0.4, 0.5) is 5.69 Å². The lowest BCUT2D eigenvalue weighted by Gasteiger charge is -2.21. The number of rotatable bonds is 5. The molecule has 0 saturated carbocycles. The molecule has 1 aromatic heterocycles. The van der Waals surface area contributed by atoms with Gasteiger partial charge in [0.1, 0.15) is 5.76 Å². The summed E-state index contributed by atoms with van der Waals surface area (Å²) in [6, 6.07) is 8.60. The second-order valence-corrected chi connectivity index (χ2v) is 5.05. The van der Waals surface area contributed by atoms with Gasteiger partial charge in [-0.3, -0.25) is 0 Å². The van der Waals surface area contributed by atoms with Crippen LogP contribution in [-0.4, -0.2) is 14.1 Å². The molecular formula is C16H22N2O. The molecule has 0 aliphatic rings. The van der Waals surface area contributed by atoms with Gasteiger partial charge in [0.05, 0.1) is 12.8 Å². The molecule has 0 atom stereocenters. The minimum Gasteiger partial charge on any atom is -0.468 e. The zero-order chi connectivity index (χ0) is 13.8. The number of hydrogen-bond donors (Lipinski definition) is 1. The van der Waals surface area contributed by atoms with E-state index in [1.165, 1.54) is 22.4 Å². The van der Waals surface area contributed by atoms with E-state index in [1.807, 2.05) is 13.1 Å². The molecule has 102 valence electrons. The lowest BCUT2D eigenvalue weighted by Crippen LogP contribution is -2.18. The number of benzene rings is 1. The van der Waals surface area contributed by atoms with E-state index >= 15 is 0 Å². The van der Waals surface area contributed by atoms with Gasteiger partial charge in [0.25, 0.3) is 0 Å². The average Bonchev–Trinajstić information content (AvgIpc) is 2.77. The molecule has 1 N–H and O–H groups in total. The Morgan fingerprint density at radius 3 is 2.68 bits per heavy atom. The van der Waals surface area contributed by atoms with Gasteiger partial charge in [-0.25, -0.2) is 0 Å². The third kappa shape index (κ3) is 3.18. The van der Waals surface area contributed by atoms with Crippen molar-refractivity contribution >= 4 is 5.69 Å². The maximum absolute atomic E-state index is 5.50. The zero-order valence-corrected chi connectivity index (χ0v) is 12.2. The van der Waals surface area contributed by atoms with Crippen molar-refractivity contribution in [3.8, 4) is 0 Å². The smallest absolute Gasteiger partial charge is 0.122 e. The van der Waals surface area contributed by atoms with E-state index in [0.29, 0.717) is 0 Å². The van der Waals surface area contributed by atoms with E-state index in [2.05, 4.69) is 49.3 Å². The second kappa shape index (κ2) is 5.93. The zero-order valence-electron chi connectivity index (χ0n) is 12.2. The second-order valence-electron chi connectivity index (χ2n) is 5.05. The largest absolute Gasteiger partial charge is 0.468 e. The minimum absolute atomic E-state index is 0.767. The molecular weight excluding hydrogens is 236 g/mol. The number of anilines is 1. The fourth-order valence-electron chi connectivity index (χ4n) is 2.40. The first-order valence-corrected chi connectivity index (χ1v) is 6.60. The molecule has 3 nitrogen and oxygen atoms in total. The Bertz CT molecular complexity index is 545. The Balaban J connectivity index is 2.16. The number of nitrogens with zero attached hydrogens (tertiary/aromatic N) is 1. The van der Waals surface area contributed by atoms with Gasteiger partial charge in [-0.05, 0) is 38.6 Å². The molecule has 0 amide bonds. The topological polar surface area (TPSA) is 28.4 Å². The van der Waals surface area contributed by atoms with E-state index in [-0.39, 0.29) is 0 Å². The van der Waals surface area contributed by atoms with Crippen LogP contribution in [0.5, 0.6) is 0 Å². The van der Waals surface area contributed by atoms with Crippen LogP contribution in [-0.2, 0) is 13.1 Å². The van der Waals surface area contributed by atoms with E-state index in [4.69, 9.17) is 4.42 Å². The predicted octanol–water partition coefficient (Wildman–Crippen LogP) is 3.25.